The lowest BCUT2D eigenvalue weighted by Gasteiger charge is -2.28. The van der Waals surface area contributed by atoms with Crippen LogP contribution < -0.4 is 4.90 Å². The number of anilines is 1. The molecule has 0 aliphatic carbocycles. The first-order valence-electron chi connectivity index (χ1n) is 6.33. The number of nitrogens with zero attached hydrogens (tertiary/aromatic N) is 2. The largest absolute Gasteiger partial charge is 0.378 e. The average molecular weight is 234 g/mol. The van der Waals surface area contributed by atoms with E-state index in [0.29, 0.717) is 0 Å². The van der Waals surface area contributed by atoms with E-state index in [0.717, 1.165) is 38.5 Å². The van der Waals surface area contributed by atoms with Crippen LogP contribution in [-0.2, 0) is 11.2 Å². The minimum Gasteiger partial charge on any atom is -0.378 e. The van der Waals surface area contributed by atoms with Crippen molar-refractivity contribution in [1.29, 1.82) is 0 Å². The van der Waals surface area contributed by atoms with E-state index in [1.807, 2.05) is 0 Å². The molecule has 17 heavy (non-hydrogen) atoms. The lowest BCUT2D eigenvalue weighted by atomic mass is 9.90. The minimum atomic E-state index is 0.288. The number of hydrogen-bond donors (Lipinski definition) is 0. The second-order valence-electron chi connectivity index (χ2n) is 5.82. The van der Waals surface area contributed by atoms with E-state index in [1.165, 1.54) is 5.69 Å². The van der Waals surface area contributed by atoms with Crippen molar-refractivity contribution in [3.8, 4) is 0 Å². The van der Waals surface area contributed by atoms with E-state index in [9.17, 15) is 0 Å². The molecule has 3 heteroatoms. The van der Waals surface area contributed by atoms with Gasteiger partial charge < -0.3 is 9.64 Å². The van der Waals surface area contributed by atoms with Gasteiger partial charge in [0.2, 0.25) is 0 Å². The number of hydrogen-bond acceptors (Lipinski definition) is 3. The Bertz CT molecular complexity index is 365. The fraction of sp³-hybridized carbons (Fsp3) is 0.643. The van der Waals surface area contributed by atoms with Crippen LogP contribution in [0.15, 0.2) is 18.2 Å². The van der Waals surface area contributed by atoms with Gasteiger partial charge in [0.05, 0.1) is 13.2 Å². The van der Waals surface area contributed by atoms with Gasteiger partial charge in [-0.25, -0.2) is 4.98 Å². The third-order valence-corrected chi connectivity index (χ3v) is 2.84. The van der Waals surface area contributed by atoms with Crippen molar-refractivity contribution in [2.75, 3.05) is 31.2 Å². The molecule has 0 radical (unpaired) electrons. The average Bonchev–Trinajstić information content (AvgIpc) is 2.28. The first-order chi connectivity index (χ1) is 8.04. The monoisotopic (exact) mass is 234 g/mol. The summed E-state index contributed by atoms with van der Waals surface area (Å²) < 4.78 is 5.36. The van der Waals surface area contributed by atoms with Gasteiger partial charge in [-0.2, -0.15) is 0 Å². The maximum Gasteiger partial charge on any atom is 0.128 e. The Morgan fingerprint density at radius 3 is 2.59 bits per heavy atom. The Hall–Kier alpha value is -1.09. The van der Waals surface area contributed by atoms with Crippen molar-refractivity contribution < 1.29 is 4.74 Å². The fourth-order valence-corrected chi connectivity index (χ4v) is 2.08. The summed E-state index contributed by atoms with van der Waals surface area (Å²) in [5.41, 5.74) is 1.47. The number of ether oxygens (including phenoxy) is 1. The van der Waals surface area contributed by atoms with E-state index in [2.05, 4.69) is 43.9 Å². The zero-order chi connectivity index (χ0) is 12.3. The third kappa shape index (κ3) is 3.70. The van der Waals surface area contributed by atoms with E-state index in [4.69, 9.17) is 9.72 Å². The van der Waals surface area contributed by atoms with Crippen molar-refractivity contribution in [1.82, 2.24) is 4.98 Å². The molecule has 1 aromatic rings. The molecule has 0 N–H and O–H groups in total. The van der Waals surface area contributed by atoms with Gasteiger partial charge in [0.25, 0.3) is 0 Å². The molecule has 1 aliphatic heterocycles. The van der Waals surface area contributed by atoms with Gasteiger partial charge in [0.1, 0.15) is 5.82 Å². The maximum atomic E-state index is 5.36. The highest BCUT2D eigenvalue weighted by Gasteiger charge is 2.15. The van der Waals surface area contributed by atoms with Crippen LogP contribution in [0.25, 0.3) is 0 Å². The molecule has 3 nitrogen and oxygen atoms in total. The number of morpholine rings is 1. The Balaban J connectivity index is 2.10. The molecular formula is C14H22N2O. The van der Waals surface area contributed by atoms with Crippen LogP contribution in [0, 0.1) is 5.41 Å². The van der Waals surface area contributed by atoms with Gasteiger partial charge >= 0.3 is 0 Å². The Labute approximate surface area is 104 Å². The first-order valence-corrected chi connectivity index (χ1v) is 6.33. The zero-order valence-corrected chi connectivity index (χ0v) is 11.1. The SMILES string of the molecule is CC(C)(C)Cc1cccc(N2CCOCC2)n1. The molecule has 0 spiro atoms. The topological polar surface area (TPSA) is 25.4 Å². The standard InChI is InChI=1S/C14H22N2O/c1-14(2,3)11-12-5-4-6-13(15-12)16-7-9-17-10-8-16/h4-6H,7-11H2,1-3H3. The number of rotatable bonds is 2. The van der Waals surface area contributed by atoms with Crippen molar-refractivity contribution in [3.05, 3.63) is 23.9 Å². The molecule has 1 aromatic heterocycles. The summed E-state index contributed by atoms with van der Waals surface area (Å²) in [6, 6.07) is 6.32. The van der Waals surface area contributed by atoms with Crippen molar-refractivity contribution in [2.24, 2.45) is 5.41 Å². The molecule has 0 bridgehead atoms. The van der Waals surface area contributed by atoms with Gasteiger partial charge in [0, 0.05) is 18.8 Å². The van der Waals surface area contributed by atoms with Gasteiger partial charge in [-0.1, -0.05) is 26.8 Å². The normalized spacial score (nSPS) is 17.2. The summed E-state index contributed by atoms with van der Waals surface area (Å²) in [4.78, 5) is 7.05. The van der Waals surface area contributed by atoms with E-state index >= 15 is 0 Å². The maximum absolute atomic E-state index is 5.36. The lowest BCUT2D eigenvalue weighted by molar-refractivity contribution is 0.122. The molecule has 0 amide bonds. The van der Waals surface area contributed by atoms with E-state index in [1.54, 1.807) is 0 Å². The van der Waals surface area contributed by atoms with Crippen LogP contribution in [0.3, 0.4) is 0 Å². The van der Waals surface area contributed by atoms with E-state index in [-0.39, 0.29) is 5.41 Å². The summed E-state index contributed by atoms with van der Waals surface area (Å²) in [5, 5.41) is 0. The fourth-order valence-electron chi connectivity index (χ4n) is 2.08. The number of pyridine rings is 1. The van der Waals surface area contributed by atoms with Crippen LogP contribution in [0.4, 0.5) is 5.82 Å². The molecule has 0 aromatic carbocycles. The van der Waals surface area contributed by atoms with Crippen LogP contribution in [0.5, 0.6) is 0 Å². The van der Waals surface area contributed by atoms with Crippen molar-refractivity contribution >= 4 is 5.82 Å². The highest BCUT2D eigenvalue weighted by Crippen LogP contribution is 2.21. The quantitative estimate of drug-likeness (QED) is 0.786. The Kier molecular flexibility index (Phi) is 3.67. The van der Waals surface area contributed by atoms with Crippen LogP contribution in [-0.4, -0.2) is 31.3 Å². The molecule has 94 valence electrons. The van der Waals surface area contributed by atoms with Crippen LogP contribution in [0.1, 0.15) is 26.5 Å². The summed E-state index contributed by atoms with van der Waals surface area (Å²) in [7, 11) is 0. The molecule has 2 rings (SSSR count). The molecule has 1 saturated heterocycles. The van der Waals surface area contributed by atoms with Gasteiger partial charge in [-0.3, -0.25) is 0 Å². The van der Waals surface area contributed by atoms with Gasteiger partial charge in [-0.05, 0) is 24.0 Å². The second kappa shape index (κ2) is 5.05. The second-order valence-corrected chi connectivity index (χ2v) is 5.82. The Morgan fingerprint density at radius 1 is 1.24 bits per heavy atom. The Morgan fingerprint density at radius 2 is 1.94 bits per heavy atom. The predicted octanol–water partition coefficient (Wildman–Crippen LogP) is 2.51. The smallest absolute Gasteiger partial charge is 0.128 e. The number of aromatic nitrogens is 1. The molecular weight excluding hydrogens is 212 g/mol. The summed E-state index contributed by atoms with van der Waals surface area (Å²) in [5.74, 6) is 1.09. The lowest BCUT2D eigenvalue weighted by Crippen LogP contribution is -2.36. The molecule has 0 atom stereocenters. The third-order valence-electron chi connectivity index (χ3n) is 2.84. The van der Waals surface area contributed by atoms with Crippen LogP contribution in [0.2, 0.25) is 0 Å². The van der Waals surface area contributed by atoms with E-state index < -0.39 is 0 Å². The summed E-state index contributed by atoms with van der Waals surface area (Å²) in [6.07, 6.45) is 1.02. The molecule has 0 saturated carbocycles. The highest BCUT2D eigenvalue weighted by atomic mass is 16.5. The minimum absolute atomic E-state index is 0.288. The molecule has 1 fully saturated rings. The van der Waals surface area contributed by atoms with Crippen molar-refractivity contribution in [2.45, 2.75) is 27.2 Å². The molecule has 1 aliphatic rings. The predicted molar refractivity (Wildman–Crippen MR) is 70.4 cm³/mol. The summed E-state index contributed by atoms with van der Waals surface area (Å²) in [6.45, 7) is 10.3. The van der Waals surface area contributed by atoms with Crippen LogP contribution >= 0.6 is 0 Å². The van der Waals surface area contributed by atoms with Crippen molar-refractivity contribution in [3.63, 3.8) is 0 Å². The highest BCUT2D eigenvalue weighted by molar-refractivity contribution is 5.39. The molecule has 0 unspecified atom stereocenters. The van der Waals surface area contributed by atoms with Gasteiger partial charge in [0.15, 0.2) is 0 Å². The molecule has 2 heterocycles. The zero-order valence-electron chi connectivity index (χ0n) is 11.1. The van der Waals surface area contributed by atoms with Gasteiger partial charge in [-0.15, -0.1) is 0 Å². The first kappa shape index (κ1) is 12.4. The summed E-state index contributed by atoms with van der Waals surface area (Å²) >= 11 is 0.